The Bertz CT molecular complexity index is 606. The third-order valence-electron chi connectivity index (χ3n) is 3.10. The van der Waals surface area contributed by atoms with Gasteiger partial charge in [0, 0.05) is 10.0 Å². The van der Waals surface area contributed by atoms with Crippen LogP contribution < -0.4 is 0 Å². The number of aliphatic carboxylic acids is 1. The minimum Gasteiger partial charge on any atom is -0.480 e. The molecule has 0 bridgehead atoms. The molecule has 1 aromatic carbocycles. The van der Waals surface area contributed by atoms with Gasteiger partial charge in [-0.2, -0.15) is 0 Å². The second-order valence-corrected chi connectivity index (χ2v) is 5.48. The summed E-state index contributed by atoms with van der Waals surface area (Å²) in [7, 11) is 0. The molecule has 1 saturated carbocycles. The standard InChI is InChI=1S/C12H11BrN4O2/c13-9-5-3-8(4-6-9)11-14-16-17(15-11)10(12(18)19)7-1-2-7/h3-7,10H,1-2H2,(H,18,19). The Morgan fingerprint density at radius 2 is 2.05 bits per heavy atom. The van der Waals surface area contributed by atoms with E-state index in [4.69, 9.17) is 0 Å². The number of hydrogen-bond donors (Lipinski definition) is 1. The van der Waals surface area contributed by atoms with Gasteiger partial charge < -0.3 is 5.11 Å². The summed E-state index contributed by atoms with van der Waals surface area (Å²) in [6.45, 7) is 0. The molecular weight excluding hydrogens is 312 g/mol. The highest BCUT2D eigenvalue weighted by molar-refractivity contribution is 9.10. The zero-order valence-corrected chi connectivity index (χ0v) is 11.5. The summed E-state index contributed by atoms with van der Waals surface area (Å²) < 4.78 is 0.963. The molecule has 0 spiro atoms. The Balaban J connectivity index is 1.90. The Morgan fingerprint density at radius 3 is 2.63 bits per heavy atom. The van der Waals surface area contributed by atoms with Crippen molar-refractivity contribution < 1.29 is 9.90 Å². The predicted molar refractivity (Wildman–Crippen MR) is 70.3 cm³/mol. The van der Waals surface area contributed by atoms with E-state index in [1.165, 1.54) is 4.80 Å². The van der Waals surface area contributed by atoms with Gasteiger partial charge in [0.2, 0.25) is 5.82 Å². The number of carboxylic acids is 1. The second-order valence-electron chi connectivity index (χ2n) is 4.56. The number of hydrogen-bond acceptors (Lipinski definition) is 4. The fourth-order valence-corrected chi connectivity index (χ4v) is 2.22. The lowest BCUT2D eigenvalue weighted by atomic mass is 10.2. The third kappa shape index (κ3) is 2.51. The predicted octanol–water partition coefficient (Wildman–Crippen LogP) is 2.14. The van der Waals surface area contributed by atoms with Crippen molar-refractivity contribution in [3.05, 3.63) is 28.7 Å². The van der Waals surface area contributed by atoms with Crippen LogP contribution in [0.4, 0.5) is 0 Å². The van der Waals surface area contributed by atoms with Crippen molar-refractivity contribution in [2.45, 2.75) is 18.9 Å². The molecule has 1 aliphatic rings. The number of nitrogens with zero attached hydrogens (tertiary/aromatic N) is 4. The van der Waals surface area contributed by atoms with E-state index in [9.17, 15) is 9.90 Å². The average Bonchev–Trinajstić information content (AvgIpc) is 3.08. The second kappa shape index (κ2) is 4.73. The highest BCUT2D eigenvalue weighted by atomic mass is 79.9. The Morgan fingerprint density at radius 1 is 1.37 bits per heavy atom. The summed E-state index contributed by atoms with van der Waals surface area (Å²) in [5.41, 5.74) is 0.814. The van der Waals surface area contributed by atoms with E-state index in [0.29, 0.717) is 5.82 Å². The van der Waals surface area contributed by atoms with Gasteiger partial charge in [-0.1, -0.05) is 15.9 Å². The number of carboxylic acid groups (broad SMARTS) is 1. The molecular formula is C12H11BrN4O2. The third-order valence-corrected chi connectivity index (χ3v) is 3.63. The lowest BCUT2D eigenvalue weighted by Gasteiger charge is -2.07. The van der Waals surface area contributed by atoms with Crippen LogP contribution >= 0.6 is 15.9 Å². The van der Waals surface area contributed by atoms with Crippen LogP contribution in [0.25, 0.3) is 11.4 Å². The number of rotatable bonds is 4. The van der Waals surface area contributed by atoms with Crippen molar-refractivity contribution >= 4 is 21.9 Å². The first-order valence-corrected chi connectivity index (χ1v) is 6.72. The molecule has 1 unspecified atom stereocenters. The Kier molecular flexibility index (Phi) is 3.06. The molecule has 6 nitrogen and oxygen atoms in total. The smallest absolute Gasteiger partial charge is 0.330 e. The minimum absolute atomic E-state index is 0.129. The first kappa shape index (κ1) is 12.3. The molecule has 19 heavy (non-hydrogen) atoms. The fourth-order valence-electron chi connectivity index (χ4n) is 1.96. The van der Waals surface area contributed by atoms with Gasteiger partial charge in [-0.25, -0.2) is 4.79 Å². The molecule has 98 valence electrons. The molecule has 1 heterocycles. The van der Waals surface area contributed by atoms with Gasteiger partial charge in [0.05, 0.1) is 0 Å². The number of carbonyl (C=O) groups is 1. The van der Waals surface area contributed by atoms with Crippen LogP contribution in [0.2, 0.25) is 0 Å². The molecule has 1 N–H and O–H groups in total. The monoisotopic (exact) mass is 322 g/mol. The van der Waals surface area contributed by atoms with E-state index in [1.807, 2.05) is 24.3 Å². The number of aromatic nitrogens is 4. The highest BCUT2D eigenvalue weighted by Crippen LogP contribution is 2.39. The zero-order chi connectivity index (χ0) is 13.4. The van der Waals surface area contributed by atoms with Gasteiger partial charge in [0.1, 0.15) is 0 Å². The summed E-state index contributed by atoms with van der Waals surface area (Å²) in [6.07, 6.45) is 1.82. The quantitative estimate of drug-likeness (QED) is 0.932. The van der Waals surface area contributed by atoms with Crippen molar-refractivity contribution in [3.8, 4) is 11.4 Å². The van der Waals surface area contributed by atoms with Crippen molar-refractivity contribution in [1.29, 1.82) is 0 Å². The summed E-state index contributed by atoms with van der Waals surface area (Å²) in [4.78, 5) is 12.5. The molecule has 0 radical (unpaired) electrons. The van der Waals surface area contributed by atoms with E-state index in [2.05, 4.69) is 31.3 Å². The summed E-state index contributed by atoms with van der Waals surface area (Å²) >= 11 is 3.35. The minimum atomic E-state index is -0.901. The first-order chi connectivity index (χ1) is 9.15. The van der Waals surface area contributed by atoms with Gasteiger partial charge in [0.25, 0.3) is 0 Å². The van der Waals surface area contributed by atoms with E-state index in [-0.39, 0.29) is 5.92 Å². The first-order valence-electron chi connectivity index (χ1n) is 5.93. The maximum absolute atomic E-state index is 11.2. The van der Waals surface area contributed by atoms with Crippen molar-refractivity contribution in [2.24, 2.45) is 5.92 Å². The Labute approximate surface area is 117 Å². The normalized spacial score (nSPS) is 16.3. The van der Waals surface area contributed by atoms with Gasteiger partial charge in [-0.05, 0) is 48.2 Å². The summed E-state index contributed by atoms with van der Waals surface area (Å²) in [5.74, 6) is -0.328. The summed E-state index contributed by atoms with van der Waals surface area (Å²) in [5, 5.41) is 21.2. The largest absolute Gasteiger partial charge is 0.480 e. The van der Waals surface area contributed by atoms with Crippen LogP contribution in [0.5, 0.6) is 0 Å². The van der Waals surface area contributed by atoms with E-state index < -0.39 is 12.0 Å². The molecule has 0 amide bonds. The number of tetrazole rings is 1. The molecule has 1 aliphatic carbocycles. The summed E-state index contributed by atoms with van der Waals surface area (Å²) in [6, 6.07) is 6.78. The molecule has 1 atom stereocenters. The highest BCUT2D eigenvalue weighted by Gasteiger charge is 2.39. The van der Waals surface area contributed by atoms with Gasteiger partial charge in [-0.3, -0.25) is 0 Å². The Hall–Kier alpha value is -1.76. The zero-order valence-electron chi connectivity index (χ0n) is 9.90. The average molecular weight is 323 g/mol. The molecule has 1 fully saturated rings. The molecule has 0 aliphatic heterocycles. The van der Waals surface area contributed by atoms with Crippen LogP contribution in [-0.2, 0) is 4.79 Å². The van der Waals surface area contributed by atoms with Gasteiger partial charge in [-0.15, -0.1) is 15.0 Å². The van der Waals surface area contributed by atoms with E-state index in [1.54, 1.807) is 0 Å². The lowest BCUT2D eigenvalue weighted by Crippen LogP contribution is -2.23. The van der Waals surface area contributed by atoms with Crippen molar-refractivity contribution in [2.75, 3.05) is 0 Å². The van der Waals surface area contributed by atoms with Crippen LogP contribution in [0.15, 0.2) is 28.7 Å². The van der Waals surface area contributed by atoms with E-state index in [0.717, 1.165) is 22.9 Å². The molecule has 3 rings (SSSR count). The number of halogens is 1. The maximum Gasteiger partial charge on any atom is 0.330 e. The van der Waals surface area contributed by atoms with Gasteiger partial charge >= 0.3 is 5.97 Å². The SMILES string of the molecule is O=C(O)C(C1CC1)n1nnc(-c2ccc(Br)cc2)n1. The number of benzene rings is 1. The fraction of sp³-hybridized carbons (Fsp3) is 0.333. The van der Waals surface area contributed by atoms with Crippen molar-refractivity contribution in [1.82, 2.24) is 20.2 Å². The molecule has 0 saturated heterocycles. The maximum atomic E-state index is 11.2. The van der Waals surface area contributed by atoms with Crippen molar-refractivity contribution in [3.63, 3.8) is 0 Å². The molecule has 1 aromatic heterocycles. The van der Waals surface area contributed by atoms with Crippen LogP contribution in [0, 0.1) is 5.92 Å². The van der Waals surface area contributed by atoms with Crippen LogP contribution in [0.1, 0.15) is 18.9 Å². The molecule has 2 aromatic rings. The van der Waals surface area contributed by atoms with E-state index >= 15 is 0 Å². The van der Waals surface area contributed by atoms with Crippen LogP contribution in [-0.4, -0.2) is 31.3 Å². The lowest BCUT2D eigenvalue weighted by molar-refractivity contribution is -0.142. The molecule has 7 heteroatoms. The van der Waals surface area contributed by atoms with Gasteiger partial charge in [0.15, 0.2) is 6.04 Å². The topological polar surface area (TPSA) is 80.9 Å². The van der Waals surface area contributed by atoms with Crippen LogP contribution in [0.3, 0.4) is 0 Å².